The second-order valence-corrected chi connectivity index (χ2v) is 7.14. The molecule has 0 bridgehead atoms. The highest BCUT2D eigenvalue weighted by Gasteiger charge is 2.33. The molecule has 0 spiro atoms. The molecule has 0 aliphatic heterocycles. The standard InChI is InChI=1S/C23H29FN2O6/c1-4-6-14-30-22(28)26(25-18-10-8-17(24)9-11-18)16(3)21-19(27)12-13-20(21)32-23(29)31-15-7-5-2/h8-11,25H,3-7,12-15H2,1-2H3. The summed E-state index contributed by atoms with van der Waals surface area (Å²) in [7, 11) is 0. The molecule has 0 heterocycles. The van der Waals surface area contributed by atoms with Gasteiger partial charge in [0.25, 0.3) is 0 Å². The first-order valence-electron chi connectivity index (χ1n) is 10.7. The highest BCUT2D eigenvalue weighted by atomic mass is 19.1. The van der Waals surface area contributed by atoms with Crippen molar-refractivity contribution < 1.29 is 33.0 Å². The lowest BCUT2D eigenvalue weighted by atomic mass is 10.1. The third-order valence-corrected chi connectivity index (χ3v) is 4.61. The van der Waals surface area contributed by atoms with Crippen molar-refractivity contribution in [1.29, 1.82) is 0 Å². The molecule has 0 radical (unpaired) electrons. The van der Waals surface area contributed by atoms with Crippen LogP contribution >= 0.6 is 0 Å². The summed E-state index contributed by atoms with van der Waals surface area (Å²) in [5.41, 5.74) is 3.10. The van der Waals surface area contributed by atoms with Gasteiger partial charge in [-0.15, -0.1) is 0 Å². The minimum atomic E-state index is -0.919. The van der Waals surface area contributed by atoms with Crippen LogP contribution in [-0.2, 0) is 19.0 Å². The number of nitrogens with zero attached hydrogens (tertiary/aromatic N) is 1. The van der Waals surface area contributed by atoms with Crippen LogP contribution in [-0.4, -0.2) is 36.3 Å². The first-order chi connectivity index (χ1) is 15.4. The van der Waals surface area contributed by atoms with Crippen LogP contribution in [0.3, 0.4) is 0 Å². The Balaban J connectivity index is 2.25. The monoisotopic (exact) mass is 448 g/mol. The minimum Gasteiger partial charge on any atom is -0.448 e. The summed E-state index contributed by atoms with van der Waals surface area (Å²) < 4.78 is 28.8. The first-order valence-corrected chi connectivity index (χ1v) is 10.7. The predicted octanol–water partition coefficient (Wildman–Crippen LogP) is 5.48. The number of amides is 1. The quantitative estimate of drug-likeness (QED) is 0.272. The number of ether oxygens (including phenoxy) is 3. The molecule has 0 aromatic heterocycles. The second-order valence-electron chi connectivity index (χ2n) is 7.14. The Kier molecular flexibility index (Phi) is 9.72. The zero-order chi connectivity index (χ0) is 23.5. The molecule has 1 aromatic carbocycles. The number of benzene rings is 1. The molecule has 0 saturated heterocycles. The Hall–Kier alpha value is -3.36. The average Bonchev–Trinajstić information content (AvgIpc) is 3.12. The Morgan fingerprint density at radius 1 is 1.06 bits per heavy atom. The van der Waals surface area contributed by atoms with Crippen LogP contribution in [0.25, 0.3) is 0 Å². The number of hydrogen-bond acceptors (Lipinski definition) is 7. The van der Waals surface area contributed by atoms with E-state index in [1.165, 1.54) is 24.3 Å². The van der Waals surface area contributed by atoms with Crippen molar-refractivity contribution in [1.82, 2.24) is 5.01 Å². The molecule has 0 atom stereocenters. The van der Waals surface area contributed by atoms with Crippen LogP contribution in [0.5, 0.6) is 0 Å². The fourth-order valence-corrected chi connectivity index (χ4v) is 2.84. The molecule has 1 aliphatic carbocycles. The zero-order valence-electron chi connectivity index (χ0n) is 18.4. The number of anilines is 1. The Bertz CT molecular complexity index is 866. The zero-order valence-corrected chi connectivity index (χ0v) is 18.4. The molecule has 8 nitrogen and oxygen atoms in total. The van der Waals surface area contributed by atoms with Crippen molar-refractivity contribution in [3.05, 3.63) is 53.7 Å². The van der Waals surface area contributed by atoms with Gasteiger partial charge >= 0.3 is 12.2 Å². The lowest BCUT2D eigenvalue weighted by Gasteiger charge is -2.26. The van der Waals surface area contributed by atoms with Gasteiger partial charge in [-0.3, -0.25) is 10.2 Å². The number of Topliss-reactive ketones (excluding diaryl/α,β-unsaturated/α-hetero) is 1. The Morgan fingerprint density at radius 3 is 2.31 bits per heavy atom. The van der Waals surface area contributed by atoms with E-state index >= 15 is 0 Å². The number of unbranched alkanes of at least 4 members (excludes halogenated alkanes) is 2. The molecular formula is C23H29FN2O6. The number of nitrogens with one attached hydrogen (secondary N) is 1. The van der Waals surface area contributed by atoms with Gasteiger partial charge < -0.3 is 14.2 Å². The number of carbonyl (C=O) groups is 3. The van der Waals surface area contributed by atoms with Crippen molar-refractivity contribution in [3.8, 4) is 0 Å². The molecule has 2 rings (SSSR count). The molecule has 0 fully saturated rings. The maximum absolute atomic E-state index is 13.3. The van der Waals surface area contributed by atoms with Gasteiger partial charge in [-0.25, -0.2) is 14.0 Å². The molecule has 1 amide bonds. The van der Waals surface area contributed by atoms with E-state index in [0.29, 0.717) is 18.5 Å². The minimum absolute atomic E-state index is 0.000468. The highest BCUT2D eigenvalue weighted by molar-refractivity contribution is 6.03. The number of allylic oxidation sites excluding steroid dienone is 2. The van der Waals surface area contributed by atoms with E-state index in [1.54, 1.807) is 0 Å². The molecule has 0 saturated carbocycles. The molecule has 174 valence electrons. The number of hydrazine groups is 1. The van der Waals surface area contributed by atoms with Crippen LogP contribution in [0, 0.1) is 5.82 Å². The first kappa shape index (κ1) is 24.9. The molecular weight excluding hydrogens is 419 g/mol. The van der Waals surface area contributed by atoms with Crippen molar-refractivity contribution in [3.63, 3.8) is 0 Å². The summed E-state index contributed by atoms with van der Waals surface area (Å²) in [6.45, 7) is 8.14. The smallest absolute Gasteiger partial charge is 0.448 e. The van der Waals surface area contributed by atoms with E-state index in [0.717, 1.165) is 17.9 Å². The maximum Gasteiger partial charge on any atom is 0.513 e. The summed E-state index contributed by atoms with van der Waals surface area (Å²) in [5, 5.41) is 0.952. The van der Waals surface area contributed by atoms with Gasteiger partial charge in [0.1, 0.15) is 11.6 Å². The lowest BCUT2D eigenvalue weighted by Crippen LogP contribution is -2.37. The maximum atomic E-state index is 13.3. The van der Waals surface area contributed by atoms with Gasteiger partial charge in [-0.2, -0.15) is 5.01 Å². The van der Waals surface area contributed by atoms with E-state index in [1.807, 2.05) is 13.8 Å². The SMILES string of the molecule is C=C(C1=C(OC(=O)OCCCC)CCC1=O)N(Nc1ccc(F)cc1)C(=O)OCCCC. The van der Waals surface area contributed by atoms with Crippen LogP contribution in [0.4, 0.5) is 19.7 Å². The summed E-state index contributed by atoms with van der Waals surface area (Å²) >= 11 is 0. The van der Waals surface area contributed by atoms with Gasteiger partial charge in [-0.05, 0) is 37.1 Å². The largest absolute Gasteiger partial charge is 0.513 e. The summed E-state index contributed by atoms with van der Waals surface area (Å²) in [4.78, 5) is 37.3. The summed E-state index contributed by atoms with van der Waals surface area (Å²) in [5.74, 6) is -0.704. The number of halogens is 1. The van der Waals surface area contributed by atoms with E-state index in [-0.39, 0.29) is 48.9 Å². The third kappa shape index (κ3) is 7.11. The number of ketones is 1. The van der Waals surface area contributed by atoms with Gasteiger partial charge in [0, 0.05) is 12.8 Å². The Morgan fingerprint density at radius 2 is 1.69 bits per heavy atom. The molecule has 9 heteroatoms. The summed E-state index contributed by atoms with van der Waals surface area (Å²) in [6.07, 6.45) is 1.56. The van der Waals surface area contributed by atoms with Gasteiger partial charge in [0.2, 0.25) is 0 Å². The van der Waals surface area contributed by atoms with Crippen LogP contribution in [0.15, 0.2) is 47.9 Å². The number of rotatable bonds is 11. The molecule has 1 N–H and O–H groups in total. The molecule has 0 unspecified atom stereocenters. The van der Waals surface area contributed by atoms with Crippen LogP contribution < -0.4 is 5.43 Å². The van der Waals surface area contributed by atoms with Crippen LogP contribution in [0.1, 0.15) is 52.4 Å². The number of hydrogen-bond donors (Lipinski definition) is 1. The third-order valence-electron chi connectivity index (χ3n) is 4.61. The van der Waals surface area contributed by atoms with E-state index in [4.69, 9.17) is 14.2 Å². The van der Waals surface area contributed by atoms with Crippen molar-refractivity contribution in [2.75, 3.05) is 18.6 Å². The van der Waals surface area contributed by atoms with Gasteiger partial charge in [0.05, 0.1) is 30.2 Å². The normalized spacial score (nSPS) is 13.0. The van der Waals surface area contributed by atoms with Crippen molar-refractivity contribution in [2.45, 2.75) is 52.4 Å². The van der Waals surface area contributed by atoms with E-state index in [9.17, 15) is 18.8 Å². The molecule has 1 aromatic rings. The van der Waals surface area contributed by atoms with Crippen LogP contribution in [0.2, 0.25) is 0 Å². The predicted molar refractivity (Wildman–Crippen MR) is 116 cm³/mol. The van der Waals surface area contributed by atoms with Gasteiger partial charge in [-0.1, -0.05) is 33.3 Å². The lowest BCUT2D eigenvalue weighted by molar-refractivity contribution is -0.114. The van der Waals surface area contributed by atoms with Crippen molar-refractivity contribution >= 4 is 23.7 Å². The number of carbonyl (C=O) groups excluding carboxylic acids is 3. The average molecular weight is 448 g/mol. The molecule has 1 aliphatic rings. The highest BCUT2D eigenvalue weighted by Crippen LogP contribution is 2.31. The second kappa shape index (κ2) is 12.5. The Labute approximate surface area is 187 Å². The van der Waals surface area contributed by atoms with E-state index in [2.05, 4.69) is 12.0 Å². The van der Waals surface area contributed by atoms with Gasteiger partial charge in [0.15, 0.2) is 5.78 Å². The topological polar surface area (TPSA) is 94.2 Å². The van der Waals surface area contributed by atoms with E-state index < -0.39 is 18.1 Å². The fourth-order valence-electron chi connectivity index (χ4n) is 2.84. The van der Waals surface area contributed by atoms with Crippen molar-refractivity contribution in [2.24, 2.45) is 0 Å². The molecule has 32 heavy (non-hydrogen) atoms. The summed E-state index contributed by atoms with van der Waals surface area (Å²) in [6, 6.07) is 5.27. The fraction of sp³-hybridized carbons (Fsp3) is 0.435.